The van der Waals surface area contributed by atoms with E-state index in [0.717, 1.165) is 57.8 Å². The van der Waals surface area contributed by atoms with E-state index in [9.17, 15) is 45.6 Å². The Labute approximate surface area is 492 Å². The fourth-order valence-electron chi connectivity index (χ4n) is 10.7. The maximum Gasteiger partial charge on any atom is 0.220 e. The normalized spacial score (nSPS) is 24.5. The van der Waals surface area contributed by atoms with Gasteiger partial charge in [0.05, 0.1) is 32.0 Å². The van der Waals surface area contributed by atoms with Gasteiger partial charge in [-0.2, -0.15) is 0 Å². The summed E-state index contributed by atoms with van der Waals surface area (Å²) in [5.74, 6) is -0.262. The van der Waals surface area contributed by atoms with Crippen molar-refractivity contribution in [2.45, 2.75) is 338 Å². The van der Waals surface area contributed by atoms with Crippen LogP contribution >= 0.6 is 0 Å². The van der Waals surface area contributed by atoms with Gasteiger partial charge in [-0.05, 0) is 51.4 Å². The molecule has 12 atom stereocenters. The smallest absolute Gasteiger partial charge is 0.220 e. The number of amides is 1. The quantitative estimate of drug-likeness (QED) is 0.0204. The topological polar surface area (TPSA) is 228 Å². The van der Waals surface area contributed by atoms with E-state index < -0.39 is 86.8 Å². The zero-order chi connectivity index (χ0) is 58.8. The van der Waals surface area contributed by atoms with Crippen molar-refractivity contribution in [2.24, 2.45) is 0 Å². The monoisotopic (exact) mass is 1150 g/mol. The number of aliphatic hydroxyl groups is 8. The number of rotatable bonds is 53. The molecule has 0 bridgehead atoms. The largest absolute Gasteiger partial charge is 0.394 e. The molecule has 1 amide bonds. The summed E-state index contributed by atoms with van der Waals surface area (Å²) in [4.78, 5) is 13.3. The average molecular weight is 1150 g/mol. The van der Waals surface area contributed by atoms with E-state index >= 15 is 0 Å². The van der Waals surface area contributed by atoms with Gasteiger partial charge in [0, 0.05) is 6.42 Å². The van der Waals surface area contributed by atoms with Crippen LogP contribution in [-0.4, -0.2) is 140 Å². The highest BCUT2D eigenvalue weighted by atomic mass is 16.7. The lowest BCUT2D eigenvalue weighted by molar-refractivity contribution is -0.359. The fraction of sp³-hybridized carbons (Fsp3) is 0.836. The highest BCUT2D eigenvalue weighted by molar-refractivity contribution is 5.76. The Morgan fingerprint density at radius 1 is 0.457 bits per heavy atom. The molecule has 2 aliphatic rings. The van der Waals surface area contributed by atoms with Crippen molar-refractivity contribution in [3.63, 3.8) is 0 Å². The maximum atomic E-state index is 13.3. The SMILES string of the molecule is CC/C=C\C/C=C\C/C=C\C/C=C\C/C=C\CCCC(=O)NC(COC1OC(CO)C(OC2OC(CO)C(O)C(O)C2O)C(O)C1O)C(O)CCCCCCCCCCCCCCCCCCCCCCCCCCCCCCCC. The molecule has 0 spiro atoms. The van der Waals surface area contributed by atoms with E-state index in [4.69, 9.17) is 18.9 Å². The third kappa shape index (κ3) is 37.0. The molecule has 0 aromatic rings. The Hall–Kier alpha value is -2.31. The zero-order valence-corrected chi connectivity index (χ0v) is 51.0. The molecule has 9 N–H and O–H groups in total. The van der Waals surface area contributed by atoms with Crippen molar-refractivity contribution in [3.8, 4) is 0 Å². The molecule has 472 valence electrons. The lowest BCUT2D eigenvalue weighted by atomic mass is 9.97. The lowest BCUT2D eigenvalue weighted by Gasteiger charge is -2.46. The molecule has 12 unspecified atom stereocenters. The minimum Gasteiger partial charge on any atom is -0.394 e. The molecule has 14 heteroatoms. The first-order valence-corrected chi connectivity index (χ1v) is 33.0. The fourth-order valence-corrected chi connectivity index (χ4v) is 10.7. The van der Waals surface area contributed by atoms with E-state index in [2.05, 4.69) is 79.9 Å². The van der Waals surface area contributed by atoms with E-state index in [1.807, 2.05) is 0 Å². The summed E-state index contributed by atoms with van der Waals surface area (Å²) < 4.78 is 22.8. The number of hydrogen-bond donors (Lipinski definition) is 9. The summed E-state index contributed by atoms with van der Waals surface area (Å²) in [5, 5.41) is 87.4. The van der Waals surface area contributed by atoms with Gasteiger partial charge in [0.1, 0.15) is 48.8 Å². The van der Waals surface area contributed by atoms with Gasteiger partial charge in [-0.15, -0.1) is 0 Å². The predicted molar refractivity (Wildman–Crippen MR) is 327 cm³/mol. The van der Waals surface area contributed by atoms with Gasteiger partial charge in [-0.25, -0.2) is 0 Å². The first-order chi connectivity index (χ1) is 39.6. The highest BCUT2D eigenvalue weighted by Crippen LogP contribution is 2.30. The van der Waals surface area contributed by atoms with Crippen LogP contribution < -0.4 is 5.32 Å². The third-order valence-electron chi connectivity index (χ3n) is 16.0. The Bertz CT molecular complexity index is 1590. The standard InChI is InChI=1S/C67H121NO13/c1-3-5-7-9-11-13-15-17-19-21-22-23-24-25-26-27-28-29-30-31-32-33-35-36-38-40-42-44-46-48-50-56(71)55(68-59(72)51-49-47-45-43-41-39-37-34-20-18-16-14-12-10-8-6-4-2)54-78-66-64(77)62(75)65(58(53-70)80-66)81-67-63(76)61(74)60(73)57(52-69)79-67/h6,8,12,14,18,20,37,39,43,45,55-58,60-67,69-71,73-77H,3-5,7,9-11,13,15-17,19,21-36,38,40-42,44,46-54H2,1-2H3,(H,68,72)/b8-6-,14-12-,20-18-,39-37-,45-43-. The Morgan fingerprint density at radius 2 is 0.840 bits per heavy atom. The molecule has 0 aromatic carbocycles. The van der Waals surface area contributed by atoms with E-state index in [1.165, 1.54) is 167 Å². The lowest BCUT2D eigenvalue weighted by Crippen LogP contribution is -2.65. The van der Waals surface area contributed by atoms with Crippen molar-refractivity contribution in [1.82, 2.24) is 5.32 Å². The molecule has 14 nitrogen and oxygen atoms in total. The molecule has 0 aliphatic carbocycles. The minimum absolute atomic E-state index is 0.224. The number of aliphatic hydroxyl groups excluding tert-OH is 8. The van der Waals surface area contributed by atoms with E-state index in [0.29, 0.717) is 19.3 Å². The van der Waals surface area contributed by atoms with Crippen molar-refractivity contribution >= 4 is 5.91 Å². The van der Waals surface area contributed by atoms with Crippen LogP contribution in [0.5, 0.6) is 0 Å². The Morgan fingerprint density at radius 3 is 1.26 bits per heavy atom. The number of nitrogens with one attached hydrogen (secondary N) is 1. The van der Waals surface area contributed by atoms with Crippen LogP contribution in [0.15, 0.2) is 60.8 Å². The van der Waals surface area contributed by atoms with E-state index in [-0.39, 0.29) is 18.9 Å². The van der Waals surface area contributed by atoms with Gasteiger partial charge in [0.2, 0.25) is 5.91 Å². The van der Waals surface area contributed by atoms with Gasteiger partial charge in [-0.3, -0.25) is 4.79 Å². The molecule has 2 aliphatic heterocycles. The second kappa shape index (κ2) is 52.1. The first kappa shape index (κ1) is 74.8. The second-order valence-electron chi connectivity index (χ2n) is 23.2. The first-order valence-electron chi connectivity index (χ1n) is 33.0. The molecule has 2 rings (SSSR count). The summed E-state index contributed by atoms with van der Waals surface area (Å²) in [6.07, 6.45) is 51.1. The maximum absolute atomic E-state index is 13.3. The minimum atomic E-state index is -1.79. The van der Waals surface area contributed by atoms with Gasteiger partial charge in [0.25, 0.3) is 0 Å². The van der Waals surface area contributed by atoms with Crippen molar-refractivity contribution < 1.29 is 64.6 Å². The highest BCUT2D eigenvalue weighted by Gasteiger charge is 2.51. The Balaban J connectivity index is 1.68. The van der Waals surface area contributed by atoms with E-state index in [1.54, 1.807) is 0 Å². The zero-order valence-electron chi connectivity index (χ0n) is 51.0. The summed E-state index contributed by atoms with van der Waals surface area (Å²) >= 11 is 0. The number of allylic oxidation sites excluding steroid dienone is 10. The Kier molecular flexibility index (Phi) is 48.1. The molecular formula is C67H121NO13. The molecule has 0 aromatic heterocycles. The molecule has 2 saturated heterocycles. The number of unbranched alkanes of at least 4 members (excludes halogenated alkanes) is 30. The van der Waals surface area contributed by atoms with Gasteiger partial charge < -0.3 is 65.1 Å². The molecule has 81 heavy (non-hydrogen) atoms. The second-order valence-corrected chi connectivity index (χ2v) is 23.2. The number of carbonyl (C=O) groups is 1. The van der Waals surface area contributed by atoms with Crippen LogP contribution in [0.25, 0.3) is 0 Å². The molecule has 0 saturated carbocycles. The molecule has 2 heterocycles. The van der Waals surface area contributed by atoms with Crippen LogP contribution in [0.4, 0.5) is 0 Å². The summed E-state index contributed by atoms with van der Waals surface area (Å²) in [6, 6.07) is -0.863. The van der Waals surface area contributed by atoms with Gasteiger partial charge >= 0.3 is 0 Å². The molecular weight excluding hydrogens is 1030 g/mol. The summed E-state index contributed by atoms with van der Waals surface area (Å²) in [5.41, 5.74) is 0. The number of hydrogen-bond acceptors (Lipinski definition) is 13. The number of ether oxygens (including phenoxy) is 4. The van der Waals surface area contributed by atoms with Crippen molar-refractivity contribution in [3.05, 3.63) is 60.8 Å². The number of carbonyl (C=O) groups excluding carboxylic acids is 1. The predicted octanol–water partition coefficient (Wildman–Crippen LogP) is 12.5. The van der Waals surface area contributed by atoms with Crippen molar-refractivity contribution in [1.29, 1.82) is 0 Å². The van der Waals surface area contributed by atoms with Gasteiger partial charge in [-0.1, -0.05) is 267 Å². The summed E-state index contributed by atoms with van der Waals surface area (Å²) in [6.45, 7) is 2.73. The van der Waals surface area contributed by atoms with Crippen LogP contribution in [0.1, 0.15) is 264 Å². The molecule has 2 fully saturated rings. The van der Waals surface area contributed by atoms with Crippen molar-refractivity contribution in [2.75, 3.05) is 19.8 Å². The molecule has 0 radical (unpaired) electrons. The van der Waals surface area contributed by atoms with Crippen LogP contribution in [0, 0.1) is 0 Å². The van der Waals surface area contributed by atoms with Crippen LogP contribution in [-0.2, 0) is 23.7 Å². The third-order valence-corrected chi connectivity index (χ3v) is 16.0. The summed E-state index contributed by atoms with van der Waals surface area (Å²) in [7, 11) is 0. The van der Waals surface area contributed by atoms with Crippen LogP contribution in [0.2, 0.25) is 0 Å². The van der Waals surface area contributed by atoms with Crippen LogP contribution in [0.3, 0.4) is 0 Å². The average Bonchev–Trinajstić information content (AvgIpc) is 3.47. The van der Waals surface area contributed by atoms with Gasteiger partial charge in [0.15, 0.2) is 12.6 Å².